The first-order chi connectivity index (χ1) is 15.9. The molecule has 0 aliphatic carbocycles. The third kappa shape index (κ3) is 5.73. The molecule has 3 rings (SSSR count). The highest BCUT2D eigenvalue weighted by Crippen LogP contribution is 2.35. The second-order valence-electron chi connectivity index (χ2n) is 6.72. The number of anilines is 1. The molecule has 0 bridgehead atoms. The largest absolute Gasteiger partial charge is 0.493 e. The van der Waals surface area contributed by atoms with E-state index in [9.17, 15) is 19.7 Å². The van der Waals surface area contributed by atoms with E-state index in [0.29, 0.717) is 11.3 Å². The average Bonchev–Trinajstić information content (AvgIpc) is 2.84. The molecule has 9 heteroatoms. The van der Waals surface area contributed by atoms with Crippen LogP contribution in [-0.2, 0) is 4.79 Å². The number of hydrogen-bond acceptors (Lipinski definition) is 6. The Bertz CT molecular complexity index is 1190. The van der Waals surface area contributed by atoms with E-state index in [1.807, 2.05) is 0 Å². The normalized spacial score (nSPS) is 10.8. The Morgan fingerprint density at radius 3 is 2.06 bits per heavy atom. The van der Waals surface area contributed by atoms with Crippen LogP contribution in [0.2, 0.25) is 0 Å². The minimum absolute atomic E-state index is 0.0456. The van der Waals surface area contributed by atoms with Crippen molar-refractivity contribution in [3.8, 4) is 11.5 Å². The lowest BCUT2D eigenvalue weighted by Gasteiger charge is -2.13. The van der Waals surface area contributed by atoms with Crippen molar-refractivity contribution in [3.63, 3.8) is 0 Å². The van der Waals surface area contributed by atoms with Crippen LogP contribution < -0.4 is 20.1 Å². The first kappa shape index (κ1) is 23.0. The van der Waals surface area contributed by atoms with Crippen molar-refractivity contribution in [2.45, 2.75) is 0 Å². The number of para-hydroxylation sites is 1. The van der Waals surface area contributed by atoms with Crippen molar-refractivity contribution in [2.24, 2.45) is 0 Å². The number of rotatable bonds is 8. The predicted molar refractivity (Wildman–Crippen MR) is 123 cm³/mol. The number of carbonyl (C=O) groups is 2. The predicted octanol–water partition coefficient (Wildman–Crippen LogP) is 4.02. The fraction of sp³-hybridized carbons (Fsp3) is 0.0833. The number of nitrogens with zero attached hydrogens (tertiary/aromatic N) is 1. The van der Waals surface area contributed by atoms with Gasteiger partial charge in [0.25, 0.3) is 17.5 Å². The van der Waals surface area contributed by atoms with E-state index in [-0.39, 0.29) is 28.4 Å². The van der Waals surface area contributed by atoms with Gasteiger partial charge in [-0.2, -0.15) is 0 Å². The molecule has 9 nitrogen and oxygen atoms in total. The lowest BCUT2D eigenvalue weighted by molar-refractivity contribution is -0.385. The number of nitro groups is 1. The van der Waals surface area contributed by atoms with Gasteiger partial charge in [0.2, 0.25) is 0 Å². The fourth-order valence-corrected chi connectivity index (χ4v) is 2.98. The number of hydrogen-bond donors (Lipinski definition) is 2. The summed E-state index contributed by atoms with van der Waals surface area (Å²) in [5.41, 5.74) is 0.334. The molecular weight excluding hydrogens is 426 g/mol. The molecule has 0 aromatic heterocycles. The summed E-state index contributed by atoms with van der Waals surface area (Å²) >= 11 is 0. The molecule has 0 aliphatic heterocycles. The molecule has 0 heterocycles. The Hall–Kier alpha value is -4.66. The van der Waals surface area contributed by atoms with Crippen molar-refractivity contribution in [2.75, 3.05) is 19.5 Å². The summed E-state index contributed by atoms with van der Waals surface area (Å²) in [6, 6.07) is 19.4. The Morgan fingerprint density at radius 1 is 0.909 bits per heavy atom. The number of benzene rings is 3. The van der Waals surface area contributed by atoms with Crippen molar-refractivity contribution >= 4 is 29.3 Å². The zero-order valence-electron chi connectivity index (χ0n) is 17.9. The van der Waals surface area contributed by atoms with Gasteiger partial charge in [0.1, 0.15) is 5.70 Å². The summed E-state index contributed by atoms with van der Waals surface area (Å²) in [5, 5.41) is 16.9. The SMILES string of the molecule is COc1cc(C=C(NC(=O)c2ccccc2)C(=O)Nc2ccccc2)c([N+](=O)[O-])cc1OC. The zero-order chi connectivity index (χ0) is 23.8. The molecule has 0 radical (unpaired) electrons. The number of amides is 2. The summed E-state index contributed by atoms with van der Waals surface area (Å²) in [5.74, 6) is -0.820. The van der Waals surface area contributed by atoms with Crippen LogP contribution in [0.3, 0.4) is 0 Å². The summed E-state index contributed by atoms with van der Waals surface area (Å²) in [6.45, 7) is 0. The monoisotopic (exact) mass is 447 g/mol. The molecule has 0 saturated heterocycles. The van der Waals surface area contributed by atoms with E-state index in [4.69, 9.17) is 9.47 Å². The third-order valence-electron chi connectivity index (χ3n) is 4.59. The third-order valence-corrected chi connectivity index (χ3v) is 4.59. The summed E-state index contributed by atoms with van der Waals surface area (Å²) in [6.07, 6.45) is 1.22. The maximum atomic E-state index is 13.0. The van der Waals surface area contributed by atoms with E-state index in [1.54, 1.807) is 60.7 Å². The molecule has 0 aliphatic rings. The van der Waals surface area contributed by atoms with Crippen LogP contribution in [0.15, 0.2) is 78.5 Å². The molecule has 2 amide bonds. The lowest BCUT2D eigenvalue weighted by atomic mass is 10.1. The van der Waals surface area contributed by atoms with Crippen LogP contribution in [0.1, 0.15) is 15.9 Å². The smallest absolute Gasteiger partial charge is 0.280 e. The minimum Gasteiger partial charge on any atom is -0.493 e. The maximum Gasteiger partial charge on any atom is 0.280 e. The highest BCUT2D eigenvalue weighted by molar-refractivity contribution is 6.10. The molecule has 0 unspecified atom stereocenters. The number of methoxy groups -OCH3 is 2. The highest BCUT2D eigenvalue weighted by Gasteiger charge is 2.21. The van der Waals surface area contributed by atoms with E-state index >= 15 is 0 Å². The Labute approximate surface area is 189 Å². The van der Waals surface area contributed by atoms with Crippen LogP contribution in [0, 0.1) is 10.1 Å². The van der Waals surface area contributed by atoms with Gasteiger partial charge in [-0.1, -0.05) is 36.4 Å². The van der Waals surface area contributed by atoms with Gasteiger partial charge in [0, 0.05) is 11.3 Å². The second kappa shape index (κ2) is 10.6. The van der Waals surface area contributed by atoms with Crippen LogP contribution in [0.4, 0.5) is 11.4 Å². The fourth-order valence-electron chi connectivity index (χ4n) is 2.98. The van der Waals surface area contributed by atoms with Gasteiger partial charge in [0.05, 0.1) is 30.8 Å². The maximum absolute atomic E-state index is 13.0. The number of nitrogens with one attached hydrogen (secondary N) is 2. The summed E-state index contributed by atoms with van der Waals surface area (Å²) in [7, 11) is 2.74. The van der Waals surface area contributed by atoms with Gasteiger partial charge in [0.15, 0.2) is 11.5 Å². The van der Waals surface area contributed by atoms with Gasteiger partial charge in [-0.15, -0.1) is 0 Å². The standard InChI is InChI=1S/C24H21N3O6/c1-32-21-14-17(20(27(30)31)15-22(21)33-2)13-19(24(29)25-18-11-7-4-8-12-18)26-23(28)16-9-5-3-6-10-16/h3-15H,1-2H3,(H,25,29)(H,26,28). The zero-order valence-corrected chi connectivity index (χ0v) is 17.9. The van der Waals surface area contributed by atoms with Crippen molar-refractivity contribution < 1.29 is 24.0 Å². The number of nitro benzene ring substituents is 1. The van der Waals surface area contributed by atoms with Gasteiger partial charge < -0.3 is 20.1 Å². The Morgan fingerprint density at radius 2 is 1.48 bits per heavy atom. The topological polar surface area (TPSA) is 120 Å². The first-order valence-corrected chi connectivity index (χ1v) is 9.78. The van der Waals surface area contributed by atoms with Gasteiger partial charge in [-0.3, -0.25) is 19.7 Å². The first-order valence-electron chi connectivity index (χ1n) is 9.78. The Kier molecular flexibility index (Phi) is 7.38. The number of ether oxygens (including phenoxy) is 2. The van der Waals surface area contributed by atoms with E-state index in [1.165, 1.54) is 32.4 Å². The second-order valence-corrected chi connectivity index (χ2v) is 6.72. The molecule has 0 fully saturated rings. The molecule has 33 heavy (non-hydrogen) atoms. The molecular formula is C24H21N3O6. The molecule has 3 aromatic rings. The molecule has 2 N–H and O–H groups in total. The molecule has 168 valence electrons. The van der Waals surface area contributed by atoms with Crippen LogP contribution in [0.25, 0.3) is 6.08 Å². The van der Waals surface area contributed by atoms with Crippen molar-refractivity contribution in [1.29, 1.82) is 0 Å². The quantitative estimate of drug-likeness (QED) is 0.306. The minimum atomic E-state index is -0.658. The van der Waals surface area contributed by atoms with Gasteiger partial charge in [-0.25, -0.2) is 0 Å². The summed E-state index contributed by atoms with van der Waals surface area (Å²) < 4.78 is 10.4. The molecule has 0 spiro atoms. The van der Waals surface area contributed by atoms with Crippen molar-refractivity contribution in [1.82, 2.24) is 5.32 Å². The van der Waals surface area contributed by atoms with Crippen LogP contribution in [0.5, 0.6) is 11.5 Å². The molecule has 0 saturated carbocycles. The van der Waals surface area contributed by atoms with Gasteiger partial charge in [-0.05, 0) is 36.4 Å². The average molecular weight is 447 g/mol. The van der Waals surface area contributed by atoms with E-state index in [2.05, 4.69) is 10.6 Å². The van der Waals surface area contributed by atoms with Crippen molar-refractivity contribution in [3.05, 3.63) is 99.7 Å². The Balaban J connectivity index is 2.07. The van der Waals surface area contributed by atoms with E-state index < -0.39 is 16.7 Å². The van der Waals surface area contributed by atoms with Crippen LogP contribution >= 0.6 is 0 Å². The van der Waals surface area contributed by atoms with Crippen LogP contribution in [-0.4, -0.2) is 31.0 Å². The van der Waals surface area contributed by atoms with Gasteiger partial charge >= 0.3 is 0 Å². The molecule has 0 atom stereocenters. The summed E-state index contributed by atoms with van der Waals surface area (Å²) in [4.78, 5) is 36.8. The highest BCUT2D eigenvalue weighted by atomic mass is 16.6. The van der Waals surface area contributed by atoms with E-state index in [0.717, 1.165) is 0 Å². The molecule has 3 aromatic carbocycles. The lowest BCUT2D eigenvalue weighted by Crippen LogP contribution is -2.30. The number of carbonyl (C=O) groups excluding carboxylic acids is 2.